The highest BCUT2D eigenvalue weighted by atomic mass is 19.1. The number of benzene rings is 1. The number of rotatable bonds is 4. The molecule has 22 heavy (non-hydrogen) atoms. The van der Waals surface area contributed by atoms with E-state index in [0.717, 1.165) is 29.7 Å². The van der Waals surface area contributed by atoms with Crippen LogP contribution in [0.3, 0.4) is 0 Å². The second-order valence-electron chi connectivity index (χ2n) is 4.98. The third-order valence-corrected chi connectivity index (χ3v) is 3.22. The Bertz CT molecular complexity index is 667. The number of furan rings is 1. The maximum atomic E-state index is 13.6. The molecule has 0 aliphatic carbocycles. The van der Waals surface area contributed by atoms with Crippen LogP contribution in [0.25, 0.3) is 0 Å². The summed E-state index contributed by atoms with van der Waals surface area (Å²) in [5.41, 5.74) is 0.240. The molecule has 0 radical (unpaired) electrons. The highest BCUT2D eigenvalue weighted by Crippen LogP contribution is 2.15. The molecule has 4 nitrogen and oxygen atoms in total. The molecule has 1 aromatic heterocycles. The number of hydrogen-bond donors (Lipinski definition) is 2. The van der Waals surface area contributed by atoms with Crippen LogP contribution in [0.1, 0.15) is 30.0 Å². The summed E-state index contributed by atoms with van der Waals surface area (Å²) >= 11 is 0. The zero-order chi connectivity index (χ0) is 16.1. The molecule has 1 atom stereocenters. The van der Waals surface area contributed by atoms with E-state index in [1.165, 1.54) is 0 Å². The van der Waals surface area contributed by atoms with Gasteiger partial charge in [0.15, 0.2) is 5.96 Å². The fourth-order valence-corrected chi connectivity index (χ4v) is 2.01. The fraction of sp³-hybridized carbons (Fsp3) is 0.312. The van der Waals surface area contributed by atoms with Crippen molar-refractivity contribution in [2.24, 2.45) is 4.99 Å². The second kappa shape index (κ2) is 7.06. The smallest absolute Gasteiger partial charge is 0.191 e. The van der Waals surface area contributed by atoms with Gasteiger partial charge in [-0.15, -0.1) is 0 Å². The molecule has 0 aliphatic heterocycles. The van der Waals surface area contributed by atoms with Gasteiger partial charge in [0.2, 0.25) is 0 Å². The summed E-state index contributed by atoms with van der Waals surface area (Å²) < 4.78 is 32.2. The van der Waals surface area contributed by atoms with Crippen molar-refractivity contribution in [2.45, 2.75) is 26.4 Å². The van der Waals surface area contributed by atoms with Gasteiger partial charge in [0.1, 0.15) is 23.2 Å². The van der Waals surface area contributed by atoms with E-state index in [-0.39, 0.29) is 18.2 Å². The zero-order valence-corrected chi connectivity index (χ0v) is 12.8. The lowest BCUT2D eigenvalue weighted by Gasteiger charge is -2.16. The maximum absolute atomic E-state index is 13.6. The first-order valence-electron chi connectivity index (χ1n) is 6.97. The van der Waals surface area contributed by atoms with E-state index in [2.05, 4.69) is 15.6 Å². The summed E-state index contributed by atoms with van der Waals surface area (Å²) in [6.45, 7) is 3.93. The van der Waals surface area contributed by atoms with Crippen LogP contribution in [0, 0.1) is 18.6 Å². The van der Waals surface area contributed by atoms with E-state index in [4.69, 9.17) is 4.42 Å². The topological polar surface area (TPSA) is 49.6 Å². The first-order chi connectivity index (χ1) is 10.5. The van der Waals surface area contributed by atoms with Crippen molar-refractivity contribution in [3.8, 4) is 0 Å². The molecule has 0 saturated carbocycles. The van der Waals surface area contributed by atoms with Crippen LogP contribution in [0.4, 0.5) is 8.78 Å². The molecule has 2 N–H and O–H groups in total. The molecule has 118 valence electrons. The van der Waals surface area contributed by atoms with E-state index in [1.807, 2.05) is 26.0 Å². The molecule has 0 spiro atoms. The second-order valence-corrected chi connectivity index (χ2v) is 4.98. The van der Waals surface area contributed by atoms with Crippen molar-refractivity contribution in [3.63, 3.8) is 0 Å². The Balaban J connectivity index is 1.96. The number of nitrogens with zero attached hydrogens (tertiary/aromatic N) is 1. The largest absolute Gasteiger partial charge is 0.464 e. The molecule has 6 heteroatoms. The van der Waals surface area contributed by atoms with Crippen molar-refractivity contribution in [1.82, 2.24) is 10.6 Å². The lowest BCUT2D eigenvalue weighted by molar-refractivity contribution is 0.441. The maximum Gasteiger partial charge on any atom is 0.191 e. The van der Waals surface area contributed by atoms with Crippen molar-refractivity contribution in [1.29, 1.82) is 0 Å². The SMILES string of the molecule is CN=C(NCc1cc(F)ccc1F)NC(C)c1ccc(C)o1. The number of hydrogen-bond acceptors (Lipinski definition) is 2. The predicted octanol–water partition coefficient (Wildman–Crippen LogP) is 3.29. The third kappa shape index (κ3) is 4.07. The molecule has 2 aromatic rings. The number of nitrogens with one attached hydrogen (secondary N) is 2. The number of halogens is 2. The van der Waals surface area contributed by atoms with E-state index in [0.29, 0.717) is 5.96 Å². The number of guanidine groups is 1. The highest BCUT2D eigenvalue weighted by Gasteiger charge is 2.12. The summed E-state index contributed by atoms with van der Waals surface area (Å²) in [6.07, 6.45) is 0. The average molecular weight is 307 g/mol. The van der Waals surface area contributed by atoms with Crippen molar-refractivity contribution in [3.05, 3.63) is 59.1 Å². The van der Waals surface area contributed by atoms with Crippen LogP contribution >= 0.6 is 0 Å². The van der Waals surface area contributed by atoms with Gasteiger partial charge in [-0.25, -0.2) is 8.78 Å². The van der Waals surface area contributed by atoms with Gasteiger partial charge in [0.25, 0.3) is 0 Å². The van der Waals surface area contributed by atoms with Crippen molar-refractivity contribution >= 4 is 5.96 Å². The van der Waals surface area contributed by atoms with Gasteiger partial charge in [0.05, 0.1) is 6.04 Å². The van der Waals surface area contributed by atoms with Gasteiger partial charge >= 0.3 is 0 Å². The Labute approximate surface area is 128 Å². The molecule has 2 rings (SSSR count). The van der Waals surface area contributed by atoms with Crippen LogP contribution in [-0.4, -0.2) is 13.0 Å². The molecule has 0 saturated heterocycles. The minimum absolute atomic E-state index is 0.0998. The highest BCUT2D eigenvalue weighted by molar-refractivity contribution is 5.80. The Morgan fingerprint density at radius 1 is 1.27 bits per heavy atom. The minimum Gasteiger partial charge on any atom is -0.464 e. The average Bonchev–Trinajstić information content (AvgIpc) is 2.93. The van der Waals surface area contributed by atoms with E-state index < -0.39 is 11.6 Å². The zero-order valence-electron chi connectivity index (χ0n) is 12.8. The predicted molar refractivity (Wildman–Crippen MR) is 81.6 cm³/mol. The monoisotopic (exact) mass is 307 g/mol. The van der Waals surface area contributed by atoms with Gasteiger partial charge in [0, 0.05) is 19.2 Å². The summed E-state index contributed by atoms with van der Waals surface area (Å²) in [5.74, 6) is 1.15. The summed E-state index contributed by atoms with van der Waals surface area (Å²) in [5, 5.41) is 6.08. The van der Waals surface area contributed by atoms with E-state index >= 15 is 0 Å². The molecule has 0 bridgehead atoms. The summed E-state index contributed by atoms with van der Waals surface area (Å²) in [4.78, 5) is 4.06. The van der Waals surface area contributed by atoms with Crippen LogP contribution in [-0.2, 0) is 6.54 Å². The van der Waals surface area contributed by atoms with Gasteiger partial charge in [-0.1, -0.05) is 0 Å². The van der Waals surface area contributed by atoms with Gasteiger partial charge in [-0.2, -0.15) is 0 Å². The molecule has 1 heterocycles. The van der Waals surface area contributed by atoms with Crippen molar-refractivity contribution < 1.29 is 13.2 Å². The van der Waals surface area contributed by atoms with Crippen LogP contribution in [0.15, 0.2) is 39.7 Å². The molecule has 0 amide bonds. The van der Waals surface area contributed by atoms with Gasteiger partial charge in [-0.05, 0) is 44.2 Å². The summed E-state index contributed by atoms with van der Waals surface area (Å²) in [7, 11) is 1.61. The van der Waals surface area contributed by atoms with E-state index in [9.17, 15) is 8.78 Å². The molecule has 0 fully saturated rings. The third-order valence-electron chi connectivity index (χ3n) is 3.22. The van der Waals surface area contributed by atoms with E-state index in [1.54, 1.807) is 7.05 Å². The first kappa shape index (κ1) is 16.0. The van der Waals surface area contributed by atoms with Gasteiger partial charge < -0.3 is 15.1 Å². The normalized spacial score (nSPS) is 13.0. The first-order valence-corrected chi connectivity index (χ1v) is 6.97. The fourth-order valence-electron chi connectivity index (χ4n) is 2.01. The molecule has 0 aliphatic rings. The lowest BCUT2D eigenvalue weighted by atomic mass is 10.2. The van der Waals surface area contributed by atoms with Crippen LogP contribution in [0.5, 0.6) is 0 Å². The molecule has 1 unspecified atom stereocenters. The molecular formula is C16H19F2N3O. The van der Waals surface area contributed by atoms with Gasteiger partial charge in [-0.3, -0.25) is 4.99 Å². The Kier molecular flexibility index (Phi) is 5.14. The van der Waals surface area contributed by atoms with Crippen LogP contribution < -0.4 is 10.6 Å². The number of aryl methyl sites for hydroxylation is 1. The Morgan fingerprint density at radius 2 is 2.05 bits per heavy atom. The standard InChI is InChI=1S/C16H19F2N3O/c1-10-4-7-15(22-10)11(2)21-16(19-3)20-9-12-8-13(17)5-6-14(12)18/h4-8,11H,9H2,1-3H3,(H2,19,20,21). The molecular weight excluding hydrogens is 288 g/mol. The Hall–Kier alpha value is -2.37. The van der Waals surface area contributed by atoms with Crippen molar-refractivity contribution in [2.75, 3.05) is 7.05 Å². The quantitative estimate of drug-likeness (QED) is 0.673. The minimum atomic E-state index is -0.472. The van der Waals surface area contributed by atoms with Crippen LogP contribution in [0.2, 0.25) is 0 Å². The Morgan fingerprint density at radius 3 is 2.68 bits per heavy atom. The molecule has 1 aromatic carbocycles. The lowest BCUT2D eigenvalue weighted by Crippen LogP contribution is -2.38. The summed E-state index contributed by atoms with van der Waals surface area (Å²) in [6, 6.07) is 7.02. The number of aliphatic imine (C=N–C) groups is 1.